The maximum Gasteiger partial charge on any atom is 0.130 e. The quantitative estimate of drug-likeness (QED) is 0.620. The zero-order chi connectivity index (χ0) is 6.97. The smallest absolute Gasteiger partial charge is 0.130 e. The van der Waals surface area contributed by atoms with Gasteiger partial charge >= 0.3 is 0 Å². The van der Waals surface area contributed by atoms with Gasteiger partial charge in [0.25, 0.3) is 0 Å². The lowest BCUT2D eigenvalue weighted by Crippen LogP contribution is -1.85. The van der Waals surface area contributed by atoms with E-state index in [1.165, 1.54) is 5.56 Å². The van der Waals surface area contributed by atoms with Crippen LogP contribution in [0.1, 0.15) is 5.56 Å². The molecule has 2 heteroatoms. The van der Waals surface area contributed by atoms with Crippen LogP contribution >= 0.6 is 15.9 Å². The van der Waals surface area contributed by atoms with Crippen molar-refractivity contribution in [2.45, 2.75) is 6.42 Å². The number of rotatable bonds is 0. The van der Waals surface area contributed by atoms with Gasteiger partial charge in [0.15, 0.2) is 0 Å². The summed E-state index contributed by atoms with van der Waals surface area (Å²) in [7, 11) is 0. The third-order valence-corrected chi connectivity index (χ3v) is 2.02. The van der Waals surface area contributed by atoms with Gasteiger partial charge < -0.3 is 4.74 Å². The number of halogens is 1. The molecule has 0 saturated carbocycles. The molecule has 1 radical (unpaired) electrons. The monoisotopic (exact) mass is 197 g/mol. The fourth-order valence-electron chi connectivity index (χ4n) is 1.08. The van der Waals surface area contributed by atoms with E-state index >= 15 is 0 Å². The summed E-state index contributed by atoms with van der Waals surface area (Å²) in [6.07, 6.45) is 1.02. The Morgan fingerprint density at radius 2 is 2.50 bits per heavy atom. The maximum absolute atomic E-state index is 5.28. The molecule has 51 valence electrons. The molecule has 0 atom stereocenters. The SMILES string of the molecule is Brc1c[c]c2c(c1)CCO2. The van der Waals surface area contributed by atoms with Crippen molar-refractivity contribution in [3.8, 4) is 5.75 Å². The van der Waals surface area contributed by atoms with E-state index in [-0.39, 0.29) is 0 Å². The molecule has 0 amide bonds. The second kappa shape index (κ2) is 2.27. The topological polar surface area (TPSA) is 9.23 Å². The van der Waals surface area contributed by atoms with E-state index in [0.717, 1.165) is 23.2 Å². The van der Waals surface area contributed by atoms with Gasteiger partial charge in [-0.1, -0.05) is 15.9 Å². The number of benzene rings is 1. The Morgan fingerprint density at radius 3 is 3.40 bits per heavy atom. The lowest BCUT2D eigenvalue weighted by Gasteiger charge is -1.95. The summed E-state index contributed by atoms with van der Waals surface area (Å²) in [6, 6.07) is 7.01. The number of hydrogen-bond donors (Lipinski definition) is 0. The van der Waals surface area contributed by atoms with Crippen LogP contribution in [0.4, 0.5) is 0 Å². The molecule has 0 aliphatic carbocycles. The van der Waals surface area contributed by atoms with Crippen LogP contribution in [-0.2, 0) is 6.42 Å². The minimum Gasteiger partial charge on any atom is -0.492 e. The maximum atomic E-state index is 5.28. The Hall–Kier alpha value is -0.500. The molecule has 0 fully saturated rings. The largest absolute Gasteiger partial charge is 0.492 e. The average molecular weight is 198 g/mol. The van der Waals surface area contributed by atoms with Crippen molar-refractivity contribution in [1.29, 1.82) is 0 Å². The van der Waals surface area contributed by atoms with E-state index in [1.54, 1.807) is 0 Å². The first-order chi connectivity index (χ1) is 4.86. The van der Waals surface area contributed by atoms with Crippen molar-refractivity contribution in [3.63, 3.8) is 0 Å². The van der Waals surface area contributed by atoms with E-state index in [1.807, 2.05) is 6.07 Å². The summed E-state index contributed by atoms with van der Waals surface area (Å²) in [5.41, 5.74) is 1.26. The van der Waals surface area contributed by atoms with Crippen LogP contribution < -0.4 is 4.74 Å². The predicted molar refractivity (Wildman–Crippen MR) is 42.2 cm³/mol. The van der Waals surface area contributed by atoms with E-state index in [2.05, 4.69) is 28.1 Å². The molecule has 0 spiro atoms. The van der Waals surface area contributed by atoms with E-state index in [0.29, 0.717) is 0 Å². The highest BCUT2D eigenvalue weighted by atomic mass is 79.9. The Kier molecular flexibility index (Phi) is 1.42. The van der Waals surface area contributed by atoms with Gasteiger partial charge in [-0.05, 0) is 17.7 Å². The summed E-state index contributed by atoms with van der Waals surface area (Å²) in [5, 5.41) is 0. The molecule has 0 unspecified atom stereocenters. The molecule has 1 aliphatic heterocycles. The van der Waals surface area contributed by atoms with Crippen molar-refractivity contribution >= 4 is 15.9 Å². The third kappa shape index (κ3) is 0.926. The van der Waals surface area contributed by atoms with Crippen LogP contribution in [-0.4, -0.2) is 6.61 Å². The van der Waals surface area contributed by atoms with Crippen LogP contribution in [0.5, 0.6) is 5.75 Å². The van der Waals surface area contributed by atoms with Crippen LogP contribution in [0.2, 0.25) is 0 Å². The number of hydrogen-bond acceptors (Lipinski definition) is 1. The molecule has 1 aromatic carbocycles. The summed E-state index contributed by atoms with van der Waals surface area (Å²) in [4.78, 5) is 0. The van der Waals surface area contributed by atoms with Gasteiger partial charge in [0.1, 0.15) is 5.75 Å². The Bertz CT molecular complexity index is 257. The first kappa shape index (κ1) is 6.23. The molecule has 0 saturated heterocycles. The molecule has 1 aliphatic rings. The Labute approximate surface area is 68.1 Å². The molecular formula is C8H6BrO. The molecular weight excluding hydrogens is 192 g/mol. The van der Waals surface area contributed by atoms with Crippen molar-refractivity contribution in [2.75, 3.05) is 6.61 Å². The fourth-order valence-corrected chi connectivity index (χ4v) is 1.47. The third-order valence-electron chi connectivity index (χ3n) is 1.56. The summed E-state index contributed by atoms with van der Waals surface area (Å²) < 4.78 is 6.36. The van der Waals surface area contributed by atoms with Gasteiger partial charge in [0.2, 0.25) is 0 Å². The van der Waals surface area contributed by atoms with Crippen LogP contribution in [0, 0.1) is 6.07 Å². The Balaban J connectivity index is 2.52. The molecule has 2 rings (SSSR count). The van der Waals surface area contributed by atoms with Crippen LogP contribution in [0.15, 0.2) is 16.6 Å². The number of ether oxygens (including phenoxy) is 1. The molecule has 0 N–H and O–H groups in total. The molecule has 10 heavy (non-hydrogen) atoms. The van der Waals surface area contributed by atoms with Crippen LogP contribution in [0.25, 0.3) is 0 Å². The fraction of sp³-hybridized carbons (Fsp3) is 0.250. The van der Waals surface area contributed by atoms with E-state index < -0.39 is 0 Å². The van der Waals surface area contributed by atoms with E-state index in [4.69, 9.17) is 4.74 Å². The van der Waals surface area contributed by atoms with Crippen molar-refractivity contribution in [2.24, 2.45) is 0 Å². The molecule has 1 heterocycles. The first-order valence-electron chi connectivity index (χ1n) is 3.19. The second-order valence-electron chi connectivity index (χ2n) is 2.27. The normalized spacial score (nSPS) is 14.5. The minimum absolute atomic E-state index is 0.808. The van der Waals surface area contributed by atoms with Crippen molar-refractivity contribution in [3.05, 3.63) is 28.2 Å². The number of fused-ring (bicyclic) bond motifs is 1. The molecule has 0 bridgehead atoms. The highest BCUT2D eigenvalue weighted by Crippen LogP contribution is 2.26. The van der Waals surface area contributed by atoms with Gasteiger partial charge in [-0.3, -0.25) is 0 Å². The highest BCUT2D eigenvalue weighted by Gasteiger charge is 2.10. The summed E-state index contributed by atoms with van der Waals surface area (Å²) >= 11 is 3.38. The predicted octanol–water partition coefficient (Wildman–Crippen LogP) is 2.18. The first-order valence-corrected chi connectivity index (χ1v) is 3.98. The summed E-state index contributed by atoms with van der Waals surface area (Å²) in [6.45, 7) is 0.808. The standard InChI is InChI=1S/C8H6BrO/c9-7-1-2-8-6(5-7)3-4-10-8/h1,5H,3-4H2. The van der Waals surface area contributed by atoms with Gasteiger partial charge in [-0.15, -0.1) is 0 Å². The second-order valence-corrected chi connectivity index (χ2v) is 3.19. The van der Waals surface area contributed by atoms with Crippen LogP contribution in [0.3, 0.4) is 0 Å². The zero-order valence-corrected chi connectivity index (χ0v) is 6.94. The molecule has 1 aromatic rings. The highest BCUT2D eigenvalue weighted by molar-refractivity contribution is 9.10. The van der Waals surface area contributed by atoms with Gasteiger partial charge in [0.05, 0.1) is 6.61 Å². The Morgan fingerprint density at radius 1 is 1.60 bits per heavy atom. The van der Waals surface area contributed by atoms with Crippen molar-refractivity contribution in [1.82, 2.24) is 0 Å². The lowest BCUT2D eigenvalue weighted by molar-refractivity contribution is 0.356. The minimum atomic E-state index is 0.808. The summed E-state index contributed by atoms with van der Waals surface area (Å²) in [5.74, 6) is 0.920. The molecule has 0 aromatic heterocycles. The van der Waals surface area contributed by atoms with E-state index in [9.17, 15) is 0 Å². The lowest BCUT2D eigenvalue weighted by atomic mass is 10.2. The van der Waals surface area contributed by atoms with Gasteiger partial charge in [-0.25, -0.2) is 0 Å². The van der Waals surface area contributed by atoms with Crippen molar-refractivity contribution < 1.29 is 4.74 Å². The molecule has 1 nitrogen and oxygen atoms in total. The zero-order valence-electron chi connectivity index (χ0n) is 5.36. The van der Waals surface area contributed by atoms with Gasteiger partial charge in [-0.2, -0.15) is 0 Å². The average Bonchev–Trinajstić information content (AvgIpc) is 2.33. The van der Waals surface area contributed by atoms with Gasteiger partial charge in [0, 0.05) is 17.0 Å².